The molecule has 29 heavy (non-hydrogen) atoms. The Hall–Kier alpha value is -3.00. The second kappa shape index (κ2) is 9.47. The van der Waals surface area contributed by atoms with Crippen LogP contribution in [0.25, 0.3) is 0 Å². The van der Waals surface area contributed by atoms with Crippen LogP contribution in [0.15, 0.2) is 42.6 Å². The lowest BCUT2D eigenvalue weighted by Gasteiger charge is -2.35. The van der Waals surface area contributed by atoms with Gasteiger partial charge in [-0.05, 0) is 18.2 Å². The maximum absolute atomic E-state index is 14.4. The summed E-state index contributed by atoms with van der Waals surface area (Å²) < 4.78 is 19.4. The Balaban J connectivity index is 1.68. The highest BCUT2D eigenvalue weighted by Gasteiger charge is 2.32. The van der Waals surface area contributed by atoms with Crippen LogP contribution in [0, 0.1) is 5.82 Å². The third kappa shape index (κ3) is 5.29. The van der Waals surface area contributed by atoms with Crippen molar-refractivity contribution >= 4 is 11.8 Å². The number of halogens is 1. The molecule has 3 rings (SSSR count). The van der Waals surface area contributed by atoms with E-state index in [9.17, 15) is 14.0 Å². The number of aromatic nitrogens is 1. The van der Waals surface area contributed by atoms with Gasteiger partial charge in [0.15, 0.2) is 0 Å². The van der Waals surface area contributed by atoms with Crippen LogP contribution in [0.2, 0.25) is 0 Å². The molecule has 0 bridgehead atoms. The third-order valence-corrected chi connectivity index (χ3v) is 4.99. The third-order valence-electron chi connectivity index (χ3n) is 4.99. The summed E-state index contributed by atoms with van der Waals surface area (Å²) >= 11 is 0. The van der Waals surface area contributed by atoms with E-state index in [1.807, 2.05) is 23.1 Å². The van der Waals surface area contributed by atoms with E-state index in [0.29, 0.717) is 30.9 Å². The van der Waals surface area contributed by atoms with Gasteiger partial charge in [0.2, 0.25) is 11.8 Å². The van der Waals surface area contributed by atoms with E-state index in [1.165, 1.54) is 13.2 Å². The molecule has 1 fully saturated rings. The average molecular weight is 400 g/mol. The minimum absolute atomic E-state index is 0.0208. The summed E-state index contributed by atoms with van der Waals surface area (Å²) in [6.45, 7) is 1.61. The van der Waals surface area contributed by atoms with Gasteiger partial charge >= 0.3 is 0 Å². The number of hydrogen-bond donors (Lipinski definition) is 1. The summed E-state index contributed by atoms with van der Waals surface area (Å²) in [6, 6.07) is 9.52. The number of nitrogens with zero attached hydrogens (tertiary/aromatic N) is 3. The van der Waals surface area contributed by atoms with Crippen molar-refractivity contribution in [2.45, 2.75) is 25.6 Å². The van der Waals surface area contributed by atoms with Gasteiger partial charge in [0.05, 0.1) is 31.8 Å². The van der Waals surface area contributed by atoms with Gasteiger partial charge in [-0.25, -0.2) is 4.39 Å². The summed E-state index contributed by atoms with van der Waals surface area (Å²) in [6.07, 6.45) is 1.69. The summed E-state index contributed by atoms with van der Waals surface area (Å²) in [4.78, 5) is 32.8. The van der Waals surface area contributed by atoms with Crippen molar-refractivity contribution in [2.75, 3.05) is 27.2 Å². The van der Waals surface area contributed by atoms with E-state index in [-0.39, 0.29) is 24.8 Å². The highest BCUT2D eigenvalue weighted by molar-refractivity contribution is 5.88. The second-order valence-electron chi connectivity index (χ2n) is 7.01. The highest BCUT2D eigenvalue weighted by Crippen LogP contribution is 2.20. The second-order valence-corrected chi connectivity index (χ2v) is 7.01. The van der Waals surface area contributed by atoms with Crippen molar-refractivity contribution in [3.63, 3.8) is 0 Å². The number of carbonyl (C=O) groups is 2. The van der Waals surface area contributed by atoms with E-state index in [1.54, 1.807) is 30.3 Å². The number of hydrogen-bond acceptors (Lipinski definition) is 5. The molecule has 1 aromatic carbocycles. The summed E-state index contributed by atoms with van der Waals surface area (Å²) in [7, 11) is 3.16. The Morgan fingerprint density at radius 3 is 2.90 bits per heavy atom. The molecule has 0 spiro atoms. The predicted octanol–water partition coefficient (Wildman–Crippen LogP) is 1.58. The Labute approximate surface area is 169 Å². The molecular weight excluding hydrogens is 375 g/mol. The van der Waals surface area contributed by atoms with Crippen molar-refractivity contribution in [1.82, 2.24) is 20.1 Å². The maximum atomic E-state index is 14.4. The van der Waals surface area contributed by atoms with E-state index in [2.05, 4.69) is 10.3 Å². The van der Waals surface area contributed by atoms with Crippen molar-refractivity contribution in [1.29, 1.82) is 0 Å². The van der Waals surface area contributed by atoms with Gasteiger partial charge in [-0.1, -0.05) is 12.1 Å². The van der Waals surface area contributed by atoms with Gasteiger partial charge in [-0.15, -0.1) is 0 Å². The standard InChI is InChI=1S/C21H25FN4O3/c1-25(14-16-5-3-4-8-23-16)20(27)12-19-21(28)24-9-10-26(19)13-15-6-7-17(29-2)11-18(15)22/h3-8,11,19H,9-10,12-14H2,1-2H3,(H,24,28). The molecule has 2 heterocycles. The molecule has 0 saturated carbocycles. The number of rotatable bonds is 7. The fraction of sp³-hybridized carbons (Fsp3) is 0.381. The van der Waals surface area contributed by atoms with Crippen molar-refractivity contribution in [3.8, 4) is 5.75 Å². The van der Waals surface area contributed by atoms with Gasteiger partial charge in [-0.2, -0.15) is 0 Å². The van der Waals surface area contributed by atoms with Crippen molar-refractivity contribution < 1.29 is 18.7 Å². The summed E-state index contributed by atoms with van der Waals surface area (Å²) in [5.41, 5.74) is 1.23. The number of benzene rings is 1. The average Bonchev–Trinajstić information content (AvgIpc) is 2.72. The van der Waals surface area contributed by atoms with Gasteiger partial charge in [0, 0.05) is 44.5 Å². The zero-order valence-electron chi connectivity index (χ0n) is 16.6. The summed E-state index contributed by atoms with van der Waals surface area (Å²) in [5.74, 6) is -0.346. The first-order valence-electron chi connectivity index (χ1n) is 9.46. The van der Waals surface area contributed by atoms with Gasteiger partial charge < -0.3 is 15.0 Å². The van der Waals surface area contributed by atoms with Crippen LogP contribution < -0.4 is 10.1 Å². The van der Waals surface area contributed by atoms with Gasteiger partial charge in [-0.3, -0.25) is 19.5 Å². The fourth-order valence-electron chi connectivity index (χ4n) is 3.32. The molecule has 1 aliphatic rings. The Bertz CT molecular complexity index is 862. The van der Waals surface area contributed by atoms with Crippen LogP contribution in [0.5, 0.6) is 5.75 Å². The monoisotopic (exact) mass is 400 g/mol. The molecule has 1 aliphatic heterocycles. The Kier molecular flexibility index (Phi) is 6.77. The van der Waals surface area contributed by atoms with Crippen LogP contribution in [-0.4, -0.2) is 59.9 Å². The predicted molar refractivity (Wildman–Crippen MR) is 105 cm³/mol. The molecule has 1 atom stereocenters. The van der Waals surface area contributed by atoms with E-state index < -0.39 is 11.9 Å². The molecule has 2 aromatic rings. The number of pyridine rings is 1. The molecule has 154 valence electrons. The number of nitrogens with one attached hydrogen (secondary N) is 1. The number of methoxy groups -OCH3 is 1. The first-order valence-corrected chi connectivity index (χ1v) is 9.46. The molecule has 1 unspecified atom stereocenters. The van der Waals surface area contributed by atoms with Crippen LogP contribution in [0.4, 0.5) is 4.39 Å². The van der Waals surface area contributed by atoms with Gasteiger partial charge in [0.1, 0.15) is 11.6 Å². The van der Waals surface area contributed by atoms with Crippen LogP contribution in [0.1, 0.15) is 17.7 Å². The van der Waals surface area contributed by atoms with E-state index >= 15 is 0 Å². The molecule has 0 radical (unpaired) electrons. The Morgan fingerprint density at radius 1 is 1.38 bits per heavy atom. The number of piperazine rings is 1. The van der Waals surface area contributed by atoms with Crippen molar-refractivity contribution in [2.24, 2.45) is 0 Å². The molecule has 7 nitrogen and oxygen atoms in total. The molecule has 0 aliphatic carbocycles. The first kappa shape index (κ1) is 20.7. The molecule has 8 heteroatoms. The minimum atomic E-state index is -0.649. The smallest absolute Gasteiger partial charge is 0.237 e. The van der Waals surface area contributed by atoms with E-state index in [0.717, 1.165) is 5.69 Å². The molecule has 1 saturated heterocycles. The van der Waals surface area contributed by atoms with Crippen LogP contribution >= 0.6 is 0 Å². The summed E-state index contributed by atoms with van der Waals surface area (Å²) in [5, 5.41) is 2.80. The number of amides is 2. The molecule has 2 amide bonds. The number of ether oxygens (including phenoxy) is 1. The topological polar surface area (TPSA) is 74.8 Å². The fourth-order valence-corrected chi connectivity index (χ4v) is 3.32. The number of carbonyl (C=O) groups excluding carboxylic acids is 2. The lowest BCUT2D eigenvalue weighted by atomic mass is 10.1. The van der Waals surface area contributed by atoms with E-state index in [4.69, 9.17) is 4.74 Å². The van der Waals surface area contributed by atoms with Crippen LogP contribution in [0.3, 0.4) is 0 Å². The lowest BCUT2D eigenvalue weighted by molar-refractivity contribution is -0.138. The van der Waals surface area contributed by atoms with Gasteiger partial charge in [0.25, 0.3) is 0 Å². The maximum Gasteiger partial charge on any atom is 0.237 e. The molecule has 1 N–H and O–H groups in total. The quantitative estimate of drug-likeness (QED) is 0.764. The minimum Gasteiger partial charge on any atom is -0.497 e. The normalized spacial score (nSPS) is 16.9. The zero-order chi connectivity index (χ0) is 20.8. The Morgan fingerprint density at radius 2 is 2.21 bits per heavy atom. The SMILES string of the molecule is COc1ccc(CN2CCNC(=O)C2CC(=O)N(C)Cc2ccccn2)c(F)c1. The first-order chi connectivity index (χ1) is 14.0. The van der Waals surface area contributed by atoms with Crippen LogP contribution in [-0.2, 0) is 22.7 Å². The largest absolute Gasteiger partial charge is 0.497 e. The van der Waals surface area contributed by atoms with Crippen molar-refractivity contribution in [3.05, 3.63) is 59.7 Å². The molecular formula is C21H25FN4O3. The zero-order valence-corrected chi connectivity index (χ0v) is 16.6. The molecule has 1 aromatic heterocycles. The lowest BCUT2D eigenvalue weighted by Crippen LogP contribution is -2.56. The highest BCUT2D eigenvalue weighted by atomic mass is 19.1.